The van der Waals surface area contributed by atoms with Gasteiger partial charge in [-0.05, 0) is 124 Å². The van der Waals surface area contributed by atoms with Crippen molar-refractivity contribution < 1.29 is 4.42 Å². The maximum Gasteiger partial charge on any atom is 0.136 e. The number of benzene rings is 10. The summed E-state index contributed by atoms with van der Waals surface area (Å²) in [6.07, 6.45) is 6.41. The molecular formula is C64H48N2O. The number of aromatic nitrogens is 1. The van der Waals surface area contributed by atoms with Gasteiger partial charge in [0.15, 0.2) is 0 Å². The molecule has 0 atom stereocenters. The molecule has 3 nitrogen and oxygen atoms in total. The summed E-state index contributed by atoms with van der Waals surface area (Å²) in [5, 5.41) is 7.43. The fourth-order valence-electron chi connectivity index (χ4n) is 11.3. The molecule has 0 aliphatic heterocycles. The summed E-state index contributed by atoms with van der Waals surface area (Å²) in [5.74, 6) is 0.560. The van der Waals surface area contributed by atoms with Crippen LogP contribution in [0.25, 0.3) is 93.6 Å². The van der Waals surface area contributed by atoms with Crippen LogP contribution in [0.3, 0.4) is 0 Å². The summed E-state index contributed by atoms with van der Waals surface area (Å²) in [7, 11) is 0. The maximum atomic E-state index is 6.42. The van der Waals surface area contributed by atoms with Gasteiger partial charge in [0.1, 0.15) is 11.2 Å². The van der Waals surface area contributed by atoms with Crippen LogP contribution >= 0.6 is 0 Å². The monoisotopic (exact) mass is 860 g/mol. The predicted octanol–water partition coefficient (Wildman–Crippen LogP) is 18.4. The topological polar surface area (TPSA) is 21.3 Å². The third-order valence-corrected chi connectivity index (χ3v) is 14.4. The summed E-state index contributed by atoms with van der Waals surface area (Å²) in [6.45, 7) is 0. The van der Waals surface area contributed by atoms with Crippen LogP contribution in [-0.4, -0.2) is 4.57 Å². The third-order valence-electron chi connectivity index (χ3n) is 14.4. The molecule has 0 amide bonds. The molecule has 1 saturated carbocycles. The van der Waals surface area contributed by atoms with E-state index in [9.17, 15) is 0 Å². The quantitative estimate of drug-likeness (QED) is 0.152. The van der Waals surface area contributed by atoms with Crippen LogP contribution in [0.1, 0.15) is 43.6 Å². The summed E-state index contributed by atoms with van der Waals surface area (Å²) in [5.41, 5.74) is 17.2. The molecule has 0 spiro atoms. The normalized spacial score (nSPS) is 13.3. The van der Waals surface area contributed by atoms with Crippen molar-refractivity contribution in [2.24, 2.45) is 0 Å². The first-order valence-corrected chi connectivity index (χ1v) is 23.9. The standard InChI is InChI=1S/C64H48N2O/c1-3-18-43(19-4-1)51-30-16-20-44-21-17-31-57(64(44)51)53-28-9-13-34-60(53)66(49-25-15-22-45(40-49)46-36-39-56-55-29-10-14-35-62(55)67-63(56)42-46)58-32-11-7-26-50(58)47-37-38-54-52-27-8-12-33-59(52)65(61(54)41-47)48-23-5-2-6-24-48/h2,5-17,20-43H,1,3-4,18-19H2. The summed E-state index contributed by atoms with van der Waals surface area (Å²) in [4.78, 5) is 2.51. The number of hydrogen-bond acceptors (Lipinski definition) is 2. The van der Waals surface area contributed by atoms with E-state index in [4.69, 9.17) is 4.42 Å². The Bertz CT molecular complexity index is 3810. The van der Waals surface area contributed by atoms with E-state index in [1.54, 1.807) is 0 Å². The first-order chi connectivity index (χ1) is 33.2. The van der Waals surface area contributed by atoms with E-state index in [0.29, 0.717) is 5.92 Å². The number of para-hydroxylation sites is 5. The van der Waals surface area contributed by atoms with E-state index in [-0.39, 0.29) is 0 Å². The van der Waals surface area contributed by atoms with Gasteiger partial charge < -0.3 is 13.9 Å². The number of rotatable bonds is 8. The minimum absolute atomic E-state index is 0.560. The van der Waals surface area contributed by atoms with Gasteiger partial charge >= 0.3 is 0 Å². The van der Waals surface area contributed by atoms with Gasteiger partial charge in [0, 0.05) is 44.0 Å². The highest BCUT2D eigenvalue weighted by Crippen LogP contribution is 2.49. The molecule has 2 aromatic heterocycles. The summed E-state index contributed by atoms with van der Waals surface area (Å²) >= 11 is 0. The highest BCUT2D eigenvalue weighted by Gasteiger charge is 2.25. The minimum atomic E-state index is 0.560. The zero-order valence-electron chi connectivity index (χ0n) is 37.3. The van der Waals surface area contributed by atoms with Gasteiger partial charge in [0.25, 0.3) is 0 Å². The Balaban J connectivity index is 1.04. The van der Waals surface area contributed by atoms with Gasteiger partial charge in [-0.2, -0.15) is 0 Å². The zero-order chi connectivity index (χ0) is 44.3. The Morgan fingerprint density at radius 3 is 1.90 bits per heavy atom. The third kappa shape index (κ3) is 6.72. The van der Waals surface area contributed by atoms with Crippen LogP contribution in [0, 0.1) is 0 Å². The first-order valence-electron chi connectivity index (χ1n) is 23.9. The van der Waals surface area contributed by atoms with Crippen molar-refractivity contribution in [2.45, 2.75) is 38.0 Å². The largest absolute Gasteiger partial charge is 0.456 e. The van der Waals surface area contributed by atoms with Crippen LogP contribution in [0.15, 0.2) is 229 Å². The number of furan rings is 1. The van der Waals surface area contributed by atoms with Crippen molar-refractivity contribution in [3.05, 3.63) is 230 Å². The number of anilines is 3. The van der Waals surface area contributed by atoms with Gasteiger partial charge in [-0.1, -0.05) is 177 Å². The number of fused-ring (bicyclic) bond motifs is 7. The maximum absolute atomic E-state index is 6.42. The minimum Gasteiger partial charge on any atom is -0.456 e. The Morgan fingerprint density at radius 2 is 1.03 bits per heavy atom. The number of hydrogen-bond donors (Lipinski definition) is 0. The second kappa shape index (κ2) is 16.4. The molecular weight excluding hydrogens is 813 g/mol. The van der Waals surface area contributed by atoms with Gasteiger partial charge in [-0.15, -0.1) is 0 Å². The lowest BCUT2D eigenvalue weighted by Gasteiger charge is -2.31. The van der Waals surface area contributed by atoms with Crippen molar-refractivity contribution >= 4 is 71.6 Å². The second-order valence-electron chi connectivity index (χ2n) is 18.2. The Morgan fingerprint density at radius 1 is 0.403 bits per heavy atom. The molecule has 0 saturated heterocycles. The molecule has 320 valence electrons. The first kappa shape index (κ1) is 39.2. The Labute approximate surface area is 390 Å². The van der Waals surface area contributed by atoms with Crippen molar-refractivity contribution in [1.82, 2.24) is 4.57 Å². The molecule has 0 radical (unpaired) electrons. The van der Waals surface area contributed by atoms with Crippen molar-refractivity contribution in [3.8, 4) is 39.1 Å². The second-order valence-corrected chi connectivity index (χ2v) is 18.2. The van der Waals surface area contributed by atoms with Crippen molar-refractivity contribution in [1.29, 1.82) is 0 Å². The Hall–Kier alpha value is -8.14. The zero-order valence-corrected chi connectivity index (χ0v) is 37.3. The van der Waals surface area contributed by atoms with Crippen LogP contribution in [0.4, 0.5) is 17.1 Å². The van der Waals surface area contributed by atoms with E-state index >= 15 is 0 Å². The fourth-order valence-corrected chi connectivity index (χ4v) is 11.3. The molecule has 0 N–H and O–H groups in total. The molecule has 12 aromatic rings. The van der Waals surface area contributed by atoms with Gasteiger partial charge in [0.2, 0.25) is 0 Å². The average molecular weight is 861 g/mol. The molecule has 0 unspecified atom stereocenters. The molecule has 0 bridgehead atoms. The van der Waals surface area contributed by atoms with E-state index in [1.807, 2.05) is 6.07 Å². The van der Waals surface area contributed by atoms with Crippen molar-refractivity contribution in [2.75, 3.05) is 4.90 Å². The molecule has 13 rings (SSSR count). The van der Waals surface area contributed by atoms with Crippen LogP contribution in [-0.2, 0) is 0 Å². The van der Waals surface area contributed by atoms with Crippen LogP contribution in [0.2, 0.25) is 0 Å². The highest BCUT2D eigenvalue weighted by atomic mass is 16.3. The smallest absolute Gasteiger partial charge is 0.136 e. The average Bonchev–Trinajstić information content (AvgIpc) is 3.94. The Kier molecular flexibility index (Phi) is 9.60. The van der Waals surface area contributed by atoms with Gasteiger partial charge in [-0.25, -0.2) is 0 Å². The lowest BCUT2D eigenvalue weighted by atomic mass is 9.80. The molecule has 2 heterocycles. The lowest BCUT2D eigenvalue weighted by Crippen LogP contribution is -2.13. The van der Waals surface area contributed by atoms with E-state index in [1.165, 1.54) is 81.4 Å². The van der Waals surface area contributed by atoms with Crippen LogP contribution < -0.4 is 4.90 Å². The summed E-state index contributed by atoms with van der Waals surface area (Å²) < 4.78 is 8.84. The predicted molar refractivity (Wildman–Crippen MR) is 282 cm³/mol. The SMILES string of the molecule is c1ccc(-n2c3ccccc3c3ccc(-c4ccccc4N(c4cccc(-c5ccc6c(c5)oc5ccccc56)c4)c4ccccc4-c4cccc5cccc(C6CCCCC6)c45)cc32)cc1. The lowest BCUT2D eigenvalue weighted by molar-refractivity contribution is 0.445. The molecule has 1 fully saturated rings. The molecule has 1 aliphatic rings. The summed E-state index contributed by atoms with van der Waals surface area (Å²) in [6, 6.07) is 82.4. The number of nitrogens with zero attached hydrogens (tertiary/aromatic N) is 2. The van der Waals surface area contributed by atoms with Crippen LogP contribution in [0.5, 0.6) is 0 Å². The van der Waals surface area contributed by atoms with Gasteiger partial charge in [-0.3, -0.25) is 0 Å². The molecule has 3 heteroatoms. The highest BCUT2D eigenvalue weighted by molar-refractivity contribution is 6.11. The van der Waals surface area contributed by atoms with Gasteiger partial charge in [0.05, 0.1) is 22.4 Å². The fraction of sp³-hybridized carbons (Fsp3) is 0.0938. The molecule has 67 heavy (non-hydrogen) atoms. The van der Waals surface area contributed by atoms with E-state index in [2.05, 4.69) is 228 Å². The molecule has 1 aliphatic carbocycles. The van der Waals surface area contributed by atoms with E-state index < -0.39 is 0 Å². The molecule has 10 aromatic carbocycles. The van der Waals surface area contributed by atoms with E-state index in [0.717, 1.165) is 66.9 Å². The van der Waals surface area contributed by atoms with Crippen molar-refractivity contribution in [3.63, 3.8) is 0 Å².